The predicted molar refractivity (Wildman–Crippen MR) is 76.7 cm³/mol. The molecule has 0 heterocycles. The smallest absolute Gasteiger partial charge is 0.164 e. The number of hydrogen-bond donors (Lipinski definition) is 1. The molecule has 104 valence electrons. The summed E-state index contributed by atoms with van der Waals surface area (Å²) in [5, 5.41) is 0. The summed E-state index contributed by atoms with van der Waals surface area (Å²) < 4.78 is 0. The summed E-state index contributed by atoms with van der Waals surface area (Å²) in [4.78, 5) is 17.5. The molecule has 2 atom stereocenters. The molecule has 3 heteroatoms. The van der Waals surface area contributed by atoms with Crippen LogP contribution in [0.1, 0.15) is 40.0 Å². The van der Waals surface area contributed by atoms with E-state index < -0.39 is 0 Å². The van der Waals surface area contributed by atoms with Crippen LogP contribution in [-0.4, -0.2) is 11.9 Å². The maximum Gasteiger partial charge on any atom is 0.164 e. The fourth-order valence-corrected chi connectivity index (χ4v) is 2.53. The quantitative estimate of drug-likeness (QED) is 0.841. The molecule has 0 spiro atoms. The summed E-state index contributed by atoms with van der Waals surface area (Å²) in [5.41, 5.74) is 4.01. The van der Waals surface area contributed by atoms with Crippen molar-refractivity contribution in [1.82, 2.24) is 0 Å². The molecule has 1 aromatic rings. The third-order valence-electron chi connectivity index (χ3n) is 3.91. The topological polar surface area (TPSA) is 38.3 Å². The lowest BCUT2D eigenvalue weighted by Gasteiger charge is -2.36. The lowest BCUT2D eigenvalue weighted by Crippen LogP contribution is -2.38. The first-order valence-corrected chi connectivity index (χ1v) is 6.96. The first-order valence-electron chi connectivity index (χ1n) is 6.96. The summed E-state index contributed by atoms with van der Waals surface area (Å²) in [6, 6.07) is 9.67. The number of carbonyl (C=O) groups excluding carboxylic acids is 1. The van der Waals surface area contributed by atoms with Crippen molar-refractivity contribution in [3.05, 3.63) is 30.3 Å². The number of carbonyl (C=O) groups is 1. The van der Waals surface area contributed by atoms with E-state index in [1.54, 1.807) is 0 Å². The lowest BCUT2D eigenvalue weighted by molar-refractivity contribution is -0.134. The first kappa shape index (κ1) is 14.1. The molecule has 2 rings (SSSR count). The second-order valence-electron chi connectivity index (χ2n) is 6.38. The summed E-state index contributed by atoms with van der Waals surface area (Å²) in [5.74, 6) is 0.747. The highest BCUT2D eigenvalue weighted by atomic mass is 16.7. The van der Waals surface area contributed by atoms with Crippen molar-refractivity contribution in [2.75, 3.05) is 5.48 Å². The van der Waals surface area contributed by atoms with Crippen LogP contribution in [0.5, 0.6) is 0 Å². The fraction of sp³-hybridized carbons (Fsp3) is 0.562. The minimum absolute atomic E-state index is 0.212. The van der Waals surface area contributed by atoms with Crippen LogP contribution in [0, 0.1) is 11.3 Å². The van der Waals surface area contributed by atoms with E-state index in [1.807, 2.05) is 30.3 Å². The van der Waals surface area contributed by atoms with Gasteiger partial charge in [-0.15, -0.1) is 0 Å². The van der Waals surface area contributed by atoms with E-state index in [4.69, 9.17) is 4.84 Å². The van der Waals surface area contributed by atoms with E-state index in [9.17, 15) is 4.79 Å². The predicted octanol–water partition coefficient (Wildman–Crippen LogP) is 3.81. The van der Waals surface area contributed by atoms with Crippen LogP contribution in [-0.2, 0) is 9.63 Å². The molecule has 1 aromatic carbocycles. The van der Waals surface area contributed by atoms with Crippen LogP contribution in [0.3, 0.4) is 0 Å². The number of anilines is 1. The average molecular weight is 261 g/mol. The molecule has 0 unspecified atom stereocenters. The van der Waals surface area contributed by atoms with Crippen molar-refractivity contribution >= 4 is 11.5 Å². The Morgan fingerprint density at radius 2 is 1.89 bits per heavy atom. The SMILES string of the molecule is CC(C)(C)[C@H]1CCC(=O)[C@H](ONc2ccccc2)C1. The number of Topliss-reactive ketones (excluding diaryl/α,β-unsaturated/α-hetero) is 1. The van der Waals surface area contributed by atoms with Crippen LogP contribution in [0.2, 0.25) is 0 Å². The van der Waals surface area contributed by atoms with Gasteiger partial charge < -0.3 is 0 Å². The van der Waals surface area contributed by atoms with Crippen LogP contribution in [0.25, 0.3) is 0 Å². The molecule has 1 saturated carbocycles. The van der Waals surface area contributed by atoms with Gasteiger partial charge in [0.05, 0.1) is 5.69 Å². The van der Waals surface area contributed by atoms with Crippen LogP contribution >= 0.6 is 0 Å². The van der Waals surface area contributed by atoms with Gasteiger partial charge in [-0.25, -0.2) is 0 Å². The largest absolute Gasteiger partial charge is 0.297 e. The maximum atomic E-state index is 11.9. The van der Waals surface area contributed by atoms with Crippen molar-refractivity contribution in [1.29, 1.82) is 0 Å². The second-order valence-corrected chi connectivity index (χ2v) is 6.38. The Bertz CT molecular complexity index is 422. The van der Waals surface area contributed by atoms with Gasteiger partial charge in [0.1, 0.15) is 6.10 Å². The molecule has 1 N–H and O–H groups in total. The van der Waals surface area contributed by atoms with E-state index in [1.165, 1.54) is 0 Å². The molecule has 0 bridgehead atoms. The van der Waals surface area contributed by atoms with Gasteiger partial charge in [-0.3, -0.25) is 15.1 Å². The summed E-state index contributed by atoms with van der Waals surface area (Å²) in [6.07, 6.45) is 2.09. The van der Waals surface area contributed by atoms with Crippen LogP contribution in [0.15, 0.2) is 30.3 Å². The molecule has 0 amide bonds. The highest BCUT2D eigenvalue weighted by Gasteiger charge is 2.35. The summed E-state index contributed by atoms with van der Waals surface area (Å²) in [7, 11) is 0. The zero-order valence-electron chi connectivity index (χ0n) is 12.0. The summed E-state index contributed by atoms with van der Waals surface area (Å²) >= 11 is 0. The van der Waals surface area contributed by atoms with Gasteiger partial charge in [0, 0.05) is 6.42 Å². The minimum atomic E-state index is -0.321. The van der Waals surface area contributed by atoms with Crippen molar-refractivity contribution in [3.8, 4) is 0 Å². The zero-order chi connectivity index (χ0) is 13.9. The zero-order valence-corrected chi connectivity index (χ0v) is 12.0. The van der Waals surface area contributed by atoms with E-state index in [0.717, 1.165) is 18.5 Å². The van der Waals surface area contributed by atoms with Gasteiger partial charge in [-0.1, -0.05) is 39.0 Å². The second kappa shape index (κ2) is 5.74. The molecule has 0 saturated heterocycles. The van der Waals surface area contributed by atoms with Gasteiger partial charge in [0.25, 0.3) is 0 Å². The molecular formula is C16H23NO2. The number of para-hydroxylation sites is 1. The van der Waals surface area contributed by atoms with Gasteiger partial charge in [0.15, 0.2) is 5.78 Å². The third kappa shape index (κ3) is 3.80. The average Bonchev–Trinajstić information content (AvgIpc) is 2.37. The highest BCUT2D eigenvalue weighted by molar-refractivity contribution is 5.83. The molecule has 19 heavy (non-hydrogen) atoms. The number of rotatable bonds is 3. The number of benzene rings is 1. The first-order chi connectivity index (χ1) is 8.97. The van der Waals surface area contributed by atoms with Crippen molar-refractivity contribution in [2.24, 2.45) is 11.3 Å². The Morgan fingerprint density at radius 1 is 1.21 bits per heavy atom. The molecular weight excluding hydrogens is 238 g/mol. The number of hydrogen-bond acceptors (Lipinski definition) is 3. The van der Waals surface area contributed by atoms with Crippen LogP contribution < -0.4 is 5.48 Å². The standard InChI is InChI=1S/C16H23NO2/c1-16(2,3)12-9-10-14(18)15(11-12)19-17-13-7-5-4-6-8-13/h4-8,12,15,17H,9-11H2,1-3H3/t12-,15+/m0/s1. The molecule has 0 aromatic heterocycles. The minimum Gasteiger partial charge on any atom is -0.297 e. The Hall–Kier alpha value is -1.35. The lowest BCUT2D eigenvalue weighted by atomic mass is 9.71. The van der Waals surface area contributed by atoms with E-state index >= 15 is 0 Å². The van der Waals surface area contributed by atoms with Gasteiger partial charge in [-0.05, 0) is 36.3 Å². The van der Waals surface area contributed by atoms with Crippen molar-refractivity contribution in [2.45, 2.75) is 46.1 Å². The third-order valence-corrected chi connectivity index (χ3v) is 3.91. The Labute approximate surface area is 115 Å². The molecule has 1 aliphatic carbocycles. The monoisotopic (exact) mass is 261 g/mol. The molecule has 1 aliphatic rings. The van der Waals surface area contributed by atoms with E-state index in [0.29, 0.717) is 12.3 Å². The Kier molecular flexibility index (Phi) is 4.25. The summed E-state index contributed by atoms with van der Waals surface area (Å²) in [6.45, 7) is 6.69. The number of nitrogens with one attached hydrogen (secondary N) is 1. The molecule has 0 radical (unpaired) electrons. The molecule has 1 fully saturated rings. The van der Waals surface area contributed by atoms with Crippen molar-refractivity contribution < 1.29 is 9.63 Å². The fourth-order valence-electron chi connectivity index (χ4n) is 2.53. The van der Waals surface area contributed by atoms with Crippen LogP contribution in [0.4, 0.5) is 5.69 Å². The van der Waals surface area contributed by atoms with Gasteiger partial charge >= 0.3 is 0 Å². The van der Waals surface area contributed by atoms with E-state index in [2.05, 4.69) is 26.3 Å². The van der Waals surface area contributed by atoms with Gasteiger partial charge in [-0.2, -0.15) is 0 Å². The van der Waals surface area contributed by atoms with E-state index in [-0.39, 0.29) is 17.3 Å². The normalized spacial score (nSPS) is 24.3. The van der Waals surface area contributed by atoms with Crippen molar-refractivity contribution in [3.63, 3.8) is 0 Å². The molecule has 0 aliphatic heterocycles. The Balaban J connectivity index is 1.93. The Morgan fingerprint density at radius 3 is 2.53 bits per heavy atom. The maximum absolute atomic E-state index is 11.9. The molecule has 3 nitrogen and oxygen atoms in total. The van der Waals surface area contributed by atoms with Gasteiger partial charge in [0.2, 0.25) is 0 Å². The number of ketones is 1. The highest BCUT2D eigenvalue weighted by Crippen LogP contribution is 2.37.